The molecule has 19 heteroatoms. The van der Waals surface area contributed by atoms with Crippen molar-refractivity contribution in [1.29, 1.82) is 0 Å². The molecule has 2 heterocycles. The summed E-state index contributed by atoms with van der Waals surface area (Å²) in [4.78, 5) is 55.3. The van der Waals surface area contributed by atoms with E-state index in [0.29, 0.717) is 6.42 Å². The van der Waals surface area contributed by atoms with Crippen LogP contribution in [0.2, 0.25) is 0 Å². The smallest absolute Gasteiger partial charge is 0.394 e. The van der Waals surface area contributed by atoms with Gasteiger partial charge in [-0.1, -0.05) is 0 Å². The van der Waals surface area contributed by atoms with Crippen molar-refractivity contribution in [3.05, 3.63) is 22.7 Å². The van der Waals surface area contributed by atoms with Crippen molar-refractivity contribution in [2.24, 2.45) is 0 Å². The number of aromatic nitrogens is 2. The Bertz CT molecular complexity index is 834. The van der Waals surface area contributed by atoms with E-state index < -0.39 is 29.2 Å². The first-order chi connectivity index (χ1) is 12.6. The summed E-state index contributed by atoms with van der Waals surface area (Å²) in [5, 5.41) is 8.90. The van der Waals surface area contributed by atoms with Gasteiger partial charge in [-0.2, -0.15) is 13.6 Å². The number of aliphatic hydroxyl groups is 1. The predicted octanol–water partition coefficient (Wildman–Crippen LogP) is -1.20. The minimum atomic E-state index is -5.46. The minimum Gasteiger partial charge on any atom is -0.394 e. The van der Waals surface area contributed by atoms with Crippen molar-refractivity contribution >= 4 is 29.3 Å². The number of nitrogens with zero attached hydrogens (tertiary/aromatic N) is 2. The third-order valence-corrected chi connectivity index (χ3v) is 6.22. The summed E-state index contributed by atoms with van der Waals surface area (Å²) >= 11 is 0. The van der Waals surface area contributed by atoms with Crippen molar-refractivity contribution in [2.75, 3.05) is 12.3 Å². The van der Waals surface area contributed by atoms with E-state index >= 15 is 0 Å². The fourth-order valence-corrected chi connectivity index (χ4v) is 4.49. The Balaban J connectivity index is 0.000000284. The third-order valence-electron chi connectivity index (χ3n) is 2.87. The second kappa shape index (κ2) is 9.67. The number of anilines is 1. The van der Waals surface area contributed by atoms with Gasteiger partial charge >= 0.3 is 29.2 Å². The van der Waals surface area contributed by atoms with Gasteiger partial charge in [0, 0.05) is 6.20 Å². The van der Waals surface area contributed by atoms with E-state index in [9.17, 15) is 18.5 Å². The van der Waals surface area contributed by atoms with Crippen molar-refractivity contribution < 1.29 is 56.6 Å². The SMILES string of the molecule is Nc1ccn([C@H]2CC[C@@H](CO)O2)c(=O)n1.O=P(O)(O)OP(=O)(O)OP(=O)(O)O. The molecule has 162 valence electrons. The van der Waals surface area contributed by atoms with E-state index in [-0.39, 0.29) is 24.8 Å². The molecule has 0 spiro atoms. The van der Waals surface area contributed by atoms with Crippen LogP contribution in [0.5, 0.6) is 0 Å². The average Bonchev–Trinajstić information content (AvgIpc) is 2.91. The van der Waals surface area contributed by atoms with Crippen LogP contribution in [0.25, 0.3) is 0 Å². The molecule has 0 aliphatic carbocycles. The molecule has 28 heavy (non-hydrogen) atoms. The molecule has 0 aromatic carbocycles. The van der Waals surface area contributed by atoms with Crippen molar-refractivity contribution in [3.8, 4) is 0 Å². The van der Waals surface area contributed by atoms with E-state index in [0.717, 1.165) is 6.42 Å². The van der Waals surface area contributed by atoms with Gasteiger partial charge in [0.05, 0.1) is 12.7 Å². The van der Waals surface area contributed by atoms with Gasteiger partial charge in [-0.05, 0) is 18.9 Å². The Kier molecular flexibility index (Phi) is 8.65. The molecule has 0 bridgehead atoms. The first-order valence-corrected chi connectivity index (χ1v) is 11.6. The van der Waals surface area contributed by atoms with Crippen molar-refractivity contribution in [3.63, 3.8) is 0 Å². The van der Waals surface area contributed by atoms with E-state index in [1.165, 1.54) is 4.57 Å². The van der Waals surface area contributed by atoms with Crippen LogP contribution in [-0.4, -0.2) is 51.8 Å². The van der Waals surface area contributed by atoms with Crippen molar-refractivity contribution in [1.82, 2.24) is 9.55 Å². The molecule has 2 atom stereocenters. The van der Waals surface area contributed by atoms with Gasteiger partial charge < -0.3 is 40.0 Å². The summed E-state index contributed by atoms with van der Waals surface area (Å²) < 4.78 is 43.2. The first-order valence-electron chi connectivity index (χ1n) is 7.09. The number of hydrogen-bond donors (Lipinski definition) is 7. The Morgan fingerprint density at radius 2 is 1.68 bits per heavy atom. The monoisotopic (exact) mass is 469 g/mol. The largest absolute Gasteiger partial charge is 0.490 e. The van der Waals surface area contributed by atoms with Crippen LogP contribution in [0.1, 0.15) is 19.1 Å². The maximum Gasteiger partial charge on any atom is 0.490 e. The highest BCUT2D eigenvalue weighted by Crippen LogP contribution is 2.64. The summed E-state index contributed by atoms with van der Waals surface area (Å²) in [6.45, 7) is -0.0202. The number of nitrogen functional groups attached to an aromatic ring is 1. The number of ether oxygens (including phenoxy) is 1. The summed E-state index contributed by atoms with van der Waals surface area (Å²) in [6, 6.07) is 1.55. The predicted molar refractivity (Wildman–Crippen MR) is 89.2 cm³/mol. The quantitative estimate of drug-likeness (QED) is 0.241. The van der Waals surface area contributed by atoms with Crippen molar-refractivity contribution in [2.45, 2.75) is 25.2 Å². The number of phosphoric acid groups is 3. The van der Waals surface area contributed by atoms with Gasteiger partial charge in [0.2, 0.25) is 0 Å². The standard InChI is InChI=1S/C9H13N3O3.H5O10P3/c10-7-3-4-12(9(14)11-7)8-2-1-6(5-13)15-8;1-11(2,3)9-13(7,8)10-12(4,5)6/h3-4,6,8,13H,1-2,5H2,(H2,10,11,14);(H,7,8)(H2,1,2,3)(H2,4,5,6)/t6-,8+;/m0./s1. The molecule has 1 saturated heterocycles. The van der Waals surface area contributed by atoms with E-state index in [1.807, 2.05) is 0 Å². The molecule has 16 nitrogen and oxygen atoms in total. The Morgan fingerprint density at radius 1 is 1.14 bits per heavy atom. The van der Waals surface area contributed by atoms with E-state index in [4.69, 9.17) is 40.0 Å². The topological polar surface area (TPSA) is 261 Å². The van der Waals surface area contributed by atoms with Crippen LogP contribution >= 0.6 is 23.5 Å². The summed E-state index contributed by atoms with van der Waals surface area (Å²) in [5.74, 6) is 0.202. The highest BCUT2D eigenvalue weighted by molar-refractivity contribution is 7.66. The molecule has 0 saturated carbocycles. The number of nitrogens with two attached hydrogens (primary N) is 1. The minimum absolute atomic E-state index is 0.0202. The lowest BCUT2D eigenvalue weighted by Crippen LogP contribution is -2.27. The lowest BCUT2D eigenvalue weighted by Gasteiger charge is -2.14. The lowest BCUT2D eigenvalue weighted by atomic mass is 10.2. The summed E-state index contributed by atoms with van der Waals surface area (Å²) in [6.07, 6.45) is 2.51. The first kappa shape index (κ1) is 25.0. The molecular weight excluding hydrogens is 451 g/mol. The molecule has 1 aliphatic rings. The zero-order valence-corrected chi connectivity index (χ0v) is 16.5. The summed E-state index contributed by atoms with van der Waals surface area (Å²) in [5.41, 5.74) is 4.96. The van der Waals surface area contributed by atoms with Gasteiger partial charge in [-0.3, -0.25) is 4.57 Å². The Morgan fingerprint density at radius 3 is 2.07 bits per heavy atom. The third kappa shape index (κ3) is 9.47. The molecule has 0 radical (unpaired) electrons. The lowest BCUT2D eigenvalue weighted by molar-refractivity contribution is -0.0245. The Labute approximate surface area is 156 Å². The van der Waals surface area contributed by atoms with Crippen LogP contribution in [0.4, 0.5) is 5.82 Å². The van der Waals surface area contributed by atoms with E-state index in [2.05, 4.69) is 13.6 Å². The summed E-state index contributed by atoms with van der Waals surface area (Å²) in [7, 11) is -16.2. The molecule has 0 unspecified atom stereocenters. The zero-order valence-electron chi connectivity index (χ0n) is 13.8. The van der Waals surface area contributed by atoms with Crippen LogP contribution < -0.4 is 11.4 Å². The van der Waals surface area contributed by atoms with Gasteiger partial charge in [-0.25, -0.2) is 18.5 Å². The van der Waals surface area contributed by atoms with Gasteiger partial charge in [0.15, 0.2) is 0 Å². The van der Waals surface area contributed by atoms with Crippen LogP contribution in [0, 0.1) is 0 Å². The molecule has 1 fully saturated rings. The van der Waals surface area contributed by atoms with Gasteiger partial charge in [0.1, 0.15) is 12.0 Å². The molecule has 1 aromatic rings. The fourth-order valence-electron chi connectivity index (χ4n) is 1.95. The fraction of sp³-hybridized carbons (Fsp3) is 0.556. The average molecular weight is 469 g/mol. The maximum atomic E-state index is 11.5. The van der Waals surface area contributed by atoms with Crippen LogP contribution in [0.15, 0.2) is 17.1 Å². The van der Waals surface area contributed by atoms with Gasteiger partial charge in [-0.15, -0.1) is 0 Å². The normalized spacial score (nSPS) is 20.5. The number of rotatable bonds is 6. The Hall–Kier alpha value is -0.990. The number of aliphatic hydroxyl groups excluding tert-OH is 1. The zero-order chi connectivity index (χ0) is 21.8. The highest BCUT2D eigenvalue weighted by atomic mass is 31.3. The molecular formula is C9H18N3O13P3. The molecule has 8 N–H and O–H groups in total. The maximum absolute atomic E-state index is 11.5. The molecule has 1 aromatic heterocycles. The number of hydrogen-bond acceptors (Lipinski definition) is 10. The van der Waals surface area contributed by atoms with Gasteiger partial charge in [0.25, 0.3) is 0 Å². The highest BCUT2D eigenvalue weighted by Gasteiger charge is 2.38. The second-order valence-corrected chi connectivity index (χ2v) is 9.33. The molecule has 2 rings (SSSR count). The van der Waals surface area contributed by atoms with Crippen LogP contribution in [-0.2, 0) is 27.1 Å². The molecule has 0 amide bonds. The second-order valence-electron chi connectivity index (χ2n) is 5.13. The molecule has 1 aliphatic heterocycles. The van der Waals surface area contributed by atoms with Crippen LogP contribution in [0.3, 0.4) is 0 Å². The van der Waals surface area contributed by atoms with E-state index in [1.54, 1.807) is 12.3 Å².